The fraction of sp³-hybridized carbons (Fsp3) is 0.538. The van der Waals surface area contributed by atoms with Gasteiger partial charge in [0.2, 0.25) is 0 Å². The molecule has 0 spiro atoms. The quantitative estimate of drug-likeness (QED) is 0.820. The summed E-state index contributed by atoms with van der Waals surface area (Å²) in [5.74, 6) is 0.409. The van der Waals surface area contributed by atoms with Crippen LogP contribution in [-0.2, 0) is 11.3 Å². The van der Waals surface area contributed by atoms with E-state index in [4.69, 9.17) is 4.74 Å². The third-order valence-electron chi connectivity index (χ3n) is 3.06. The first kappa shape index (κ1) is 11.4. The molecule has 3 nitrogen and oxygen atoms in total. The Balaban J connectivity index is 1.91. The summed E-state index contributed by atoms with van der Waals surface area (Å²) < 4.78 is 5.40. The van der Waals surface area contributed by atoms with Crippen LogP contribution in [0.3, 0.4) is 0 Å². The zero-order valence-corrected chi connectivity index (χ0v) is 9.70. The Morgan fingerprint density at radius 1 is 1.50 bits per heavy atom. The average Bonchev–Trinajstić information content (AvgIpc) is 2.32. The van der Waals surface area contributed by atoms with Gasteiger partial charge >= 0.3 is 0 Å². The number of aryl methyl sites for hydroxylation is 1. The van der Waals surface area contributed by atoms with Gasteiger partial charge in [-0.25, -0.2) is 0 Å². The lowest BCUT2D eigenvalue weighted by Gasteiger charge is -2.23. The Hall–Kier alpha value is -1.06. The van der Waals surface area contributed by atoms with Crippen LogP contribution in [0.2, 0.25) is 0 Å². The maximum Gasteiger partial charge on any atom is 0.122 e. The molecule has 0 saturated carbocycles. The molecule has 1 aromatic carbocycles. The van der Waals surface area contributed by atoms with Crippen molar-refractivity contribution in [3.05, 3.63) is 29.3 Å². The molecular weight excluding hydrogens is 202 g/mol. The standard InChI is InChI=1S/C13H19NO2/c1-10-4-2-5-11(13(10)15)8-14-12-6-3-7-16-9-12/h2,4-5,12,14-15H,3,6-9H2,1H3. The topological polar surface area (TPSA) is 41.5 Å². The molecule has 1 aromatic rings. The molecule has 16 heavy (non-hydrogen) atoms. The molecule has 1 saturated heterocycles. The molecule has 2 rings (SSSR count). The number of rotatable bonds is 3. The smallest absolute Gasteiger partial charge is 0.122 e. The Labute approximate surface area is 96.4 Å². The number of benzene rings is 1. The van der Waals surface area contributed by atoms with Crippen molar-refractivity contribution < 1.29 is 9.84 Å². The van der Waals surface area contributed by atoms with Crippen molar-refractivity contribution in [2.75, 3.05) is 13.2 Å². The average molecular weight is 221 g/mol. The molecule has 1 heterocycles. The van der Waals surface area contributed by atoms with Gasteiger partial charge in [0.25, 0.3) is 0 Å². The predicted molar refractivity (Wildman–Crippen MR) is 63.5 cm³/mol. The summed E-state index contributed by atoms with van der Waals surface area (Å²) in [7, 11) is 0. The van der Waals surface area contributed by atoms with Crippen molar-refractivity contribution in [2.24, 2.45) is 0 Å². The summed E-state index contributed by atoms with van der Waals surface area (Å²) in [6.45, 7) is 4.30. The summed E-state index contributed by atoms with van der Waals surface area (Å²) in [6, 6.07) is 6.28. The number of ether oxygens (including phenoxy) is 1. The minimum Gasteiger partial charge on any atom is -0.507 e. The van der Waals surface area contributed by atoms with Crippen molar-refractivity contribution in [3.63, 3.8) is 0 Å². The van der Waals surface area contributed by atoms with E-state index in [-0.39, 0.29) is 0 Å². The first-order valence-corrected chi connectivity index (χ1v) is 5.86. The van der Waals surface area contributed by atoms with E-state index >= 15 is 0 Å². The van der Waals surface area contributed by atoms with Crippen LogP contribution in [0.5, 0.6) is 5.75 Å². The summed E-state index contributed by atoms with van der Waals surface area (Å²) in [4.78, 5) is 0. The maximum absolute atomic E-state index is 9.86. The van der Waals surface area contributed by atoms with E-state index < -0.39 is 0 Å². The molecule has 1 unspecified atom stereocenters. The highest BCUT2D eigenvalue weighted by Gasteiger charge is 2.13. The molecule has 1 aliphatic heterocycles. The van der Waals surface area contributed by atoms with Gasteiger partial charge in [-0.2, -0.15) is 0 Å². The van der Waals surface area contributed by atoms with Gasteiger partial charge in [-0.15, -0.1) is 0 Å². The number of nitrogens with one attached hydrogen (secondary N) is 1. The predicted octanol–water partition coefficient (Wildman–Crippen LogP) is 1.97. The van der Waals surface area contributed by atoms with Gasteiger partial charge in [-0.3, -0.25) is 0 Å². The number of hydrogen-bond donors (Lipinski definition) is 2. The van der Waals surface area contributed by atoms with Crippen LogP contribution in [0.15, 0.2) is 18.2 Å². The van der Waals surface area contributed by atoms with Gasteiger partial charge in [0.1, 0.15) is 5.75 Å². The molecule has 0 bridgehead atoms. The molecule has 1 fully saturated rings. The van der Waals surface area contributed by atoms with E-state index in [9.17, 15) is 5.11 Å². The van der Waals surface area contributed by atoms with Crippen LogP contribution in [0.4, 0.5) is 0 Å². The second-order valence-electron chi connectivity index (χ2n) is 4.38. The third-order valence-corrected chi connectivity index (χ3v) is 3.06. The summed E-state index contributed by atoms with van der Waals surface area (Å²) in [5, 5.41) is 13.3. The highest BCUT2D eigenvalue weighted by atomic mass is 16.5. The number of phenolic OH excluding ortho intramolecular Hbond substituents is 1. The number of hydrogen-bond acceptors (Lipinski definition) is 3. The maximum atomic E-state index is 9.86. The van der Waals surface area contributed by atoms with Crippen LogP contribution in [0.1, 0.15) is 24.0 Å². The van der Waals surface area contributed by atoms with Crippen molar-refractivity contribution in [2.45, 2.75) is 32.4 Å². The Morgan fingerprint density at radius 3 is 3.12 bits per heavy atom. The summed E-state index contributed by atoms with van der Waals surface area (Å²) in [5.41, 5.74) is 1.89. The molecule has 2 N–H and O–H groups in total. The van der Waals surface area contributed by atoms with Crippen LogP contribution in [0, 0.1) is 6.92 Å². The number of para-hydroxylation sites is 1. The van der Waals surface area contributed by atoms with E-state index in [1.807, 2.05) is 25.1 Å². The first-order chi connectivity index (χ1) is 7.77. The lowest BCUT2D eigenvalue weighted by atomic mass is 10.1. The van der Waals surface area contributed by atoms with Gasteiger partial charge < -0.3 is 15.2 Å². The molecular formula is C13H19NO2. The fourth-order valence-corrected chi connectivity index (χ4v) is 2.02. The second-order valence-corrected chi connectivity index (χ2v) is 4.38. The summed E-state index contributed by atoms with van der Waals surface area (Å²) >= 11 is 0. The monoisotopic (exact) mass is 221 g/mol. The van der Waals surface area contributed by atoms with E-state index in [1.54, 1.807) is 0 Å². The van der Waals surface area contributed by atoms with Crippen molar-refractivity contribution in [3.8, 4) is 5.75 Å². The zero-order valence-electron chi connectivity index (χ0n) is 9.70. The van der Waals surface area contributed by atoms with E-state index in [1.165, 1.54) is 0 Å². The fourth-order valence-electron chi connectivity index (χ4n) is 2.02. The van der Waals surface area contributed by atoms with Crippen molar-refractivity contribution >= 4 is 0 Å². The molecule has 0 aliphatic carbocycles. The van der Waals surface area contributed by atoms with Crippen LogP contribution in [-0.4, -0.2) is 24.4 Å². The van der Waals surface area contributed by atoms with E-state index in [0.29, 0.717) is 18.3 Å². The molecule has 1 atom stereocenters. The van der Waals surface area contributed by atoms with Gasteiger partial charge in [0.05, 0.1) is 6.61 Å². The minimum absolute atomic E-state index is 0.409. The van der Waals surface area contributed by atoms with Gasteiger partial charge in [0.15, 0.2) is 0 Å². The van der Waals surface area contributed by atoms with E-state index in [2.05, 4.69) is 5.32 Å². The highest BCUT2D eigenvalue weighted by molar-refractivity contribution is 5.39. The van der Waals surface area contributed by atoms with E-state index in [0.717, 1.165) is 37.2 Å². The second kappa shape index (κ2) is 5.32. The lowest BCUT2D eigenvalue weighted by Crippen LogP contribution is -2.36. The zero-order chi connectivity index (χ0) is 11.4. The molecule has 0 aromatic heterocycles. The van der Waals surface area contributed by atoms with Gasteiger partial charge in [-0.1, -0.05) is 18.2 Å². The Kier molecular flexibility index (Phi) is 3.80. The minimum atomic E-state index is 0.409. The SMILES string of the molecule is Cc1cccc(CNC2CCCOC2)c1O. The molecule has 1 aliphatic rings. The van der Waals surface area contributed by atoms with Crippen LogP contribution in [0.25, 0.3) is 0 Å². The van der Waals surface area contributed by atoms with Crippen LogP contribution < -0.4 is 5.32 Å². The van der Waals surface area contributed by atoms with Crippen LogP contribution >= 0.6 is 0 Å². The lowest BCUT2D eigenvalue weighted by molar-refractivity contribution is 0.0699. The molecule has 0 amide bonds. The van der Waals surface area contributed by atoms with Crippen molar-refractivity contribution in [1.29, 1.82) is 0 Å². The number of aromatic hydroxyl groups is 1. The first-order valence-electron chi connectivity index (χ1n) is 5.86. The van der Waals surface area contributed by atoms with Crippen molar-refractivity contribution in [1.82, 2.24) is 5.32 Å². The molecule has 3 heteroatoms. The normalized spacial score (nSPS) is 20.9. The molecule has 0 radical (unpaired) electrons. The highest BCUT2D eigenvalue weighted by Crippen LogP contribution is 2.21. The largest absolute Gasteiger partial charge is 0.507 e. The number of phenols is 1. The Morgan fingerprint density at radius 2 is 2.38 bits per heavy atom. The Bertz CT molecular complexity index is 346. The van der Waals surface area contributed by atoms with Gasteiger partial charge in [-0.05, 0) is 25.3 Å². The van der Waals surface area contributed by atoms with Gasteiger partial charge in [0, 0.05) is 24.8 Å². The third kappa shape index (κ3) is 2.74. The summed E-state index contributed by atoms with van der Waals surface area (Å²) in [6.07, 6.45) is 2.28. The molecule has 88 valence electrons.